The van der Waals surface area contributed by atoms with Crippen molar-refractivity contribution in [1.82, 2.24) is 9.97 Å². The summed E-state index contributed by atoms with van der Waals surface area (Å²) in [6.07, 6.45) is 3.77. The molecule has 1 heterocycles. The fourth-order valence-electron chi connectivity index (χ4n) is 0.762. The van der Waals surface area contributed by atoms with Gasteiger partial charge in [0.05, 0.1) is 12.4 Å². The number of nitrogens with two attached hydrogens (primary N) is 1. The highest BCUT2D eigenvalue weighted by Crippen LogP contribution is 2.01. The molecule has 1 rings (SSSR count). The SMILES string of the molecule is Nc1cncc(NCCCO)n1. The van der Waals surface area contributed by atoms with Gasteiger partial charge < -0.3 is 16.2 Å². The van der Waals surface area contributed by atoms with E-state index in [1.807, 2.05) is 0 Å². The number of nitrogens with one attached hydrogen (secondary N) is 1. The number of aromatic nitrogens is 2. The molecule has 0 bridgehead atoms. The molecular formula is C7H12N4O. The normalized spacial score (nSPS) is 9.75. The van der Waals surface area contributed by atoms with Crippen molar-refractivity contribution in [2.24, 2.45) is 0 Å². The van der Waals surface area contributed by atoms with E-state index in [0.717, 1.165) is 0 Å². The zero-order chi connectivity index (χ0) is 8.81. The second-order valence-corrected chi connectivity index (χ2v) is 2.33. The molecule has 12 heavy (non-hydrogen) atoms. The van der Waals surface area contributed by atoms with Crippen LogP contribution < -0.4 is 11.1 Å². The molecule has 0 unspecified atom stereocenters. The number of rotatable bonds is 4. The summed E-state index contributed by atoms with van der Waals surface area (Å²) < 4.78 is 0. The Labute approximate surface area is 70.6 Å². The molecule has 5 heteroatoms. The third-order valence-electron chi connectivity index (χ3n) is 1.29. The molecule has 0 atom stereocenters. The molecule has 0 saturated carbocycles. The van der Waals surface area contributed by atoms with Gasteiger partial charge in [0.1, 0.15) is 11.6 Å². The quantitative estimate of drug-likeness (QED) is 0.545. The summed E-state index contributed by atoms with van der Waals surface area (Å²) in [7, 11) is 0. The van der Waals surface area contributed by atoms with Crippen molar-refractivity contribution in [2.75, 3.05) is 24.2 Å². The van der Waals surface area contributed by atoms with E-state index in [0.29, 0.717) is 24.6 Å². The first-order valence-electron chi connectivity index (χ1n) is 3.75. The van der Waals surface area contributed by atoms with Crippen molar-refractivity contribution in [1.29, 1.82) is 0 Å². The summed E-state index contributed by atoms with van der Waals surface area (Å²) in [4.78, 5) is 7.82. The maximum absolute atomic E-state index is 8.50. The molecule has 0 spiro atoms. The second-order valence-electron chi connectivity index (χ2n) is 2.33. The molecule has 0 aliphatic heterocycles. The number of hydrogen-bond donors (Lipinski definition) is 3. The summed E-state index contributed by atoms with van der Waals surface area (Å²) in [6.45, 7) is 0.845. The van der Waals surface area contributed by atoms with Crippen LogP contribution in [0, 0.1) is 0 Å². The van der Waals surface area contributed by atoms with Gasteiger partial charge in [-0.1, -0.05) is 0 Å². The fraction of sp³-hybridized carbons (Fsp3) is 0.429. The molecule has 0 amide bonds. The van der Waals surface area contributed by atoms with Gasteiger partial charge in [-0.05, 0) is 6.42 Å². The van der Waals surface area contributed by atoms with Crippen LogP contribution >= 0.6 is 0 Å². The minimum atomic E-state index is 0.169. The Morgan fingerprint density at radius 2 is 2.33 bits per heavy atom. The molecule has 66 valence electrons. The lowest BCUT2D eigenvalue weighted by atomic mass is 10.4. The Kier molecular flexibility index (Phi) is 3.28. The molecule has 1 aromatic rings. The van der Waals surface area contributed by atoms with Crippen LogP contribution in [0.1, 0.15) is 6.42 Å². The third kappa shape index (κ3) is 2.71. The standard InChI is InChI=1S/C7H12N4O/c8-6-4-9-5-7(11-6)10-2-1-3-12/h4-5,12H,1-3H2,(H3,8,10,11). The highest BCUT2D eigenvalue weighted by molar-refractivity contribution is 5.37. The molecule has 0 radical (unpaired) electrons. The van der Waals surface area contributed by atoms with Gasteiger partial charge in [0.15, 0.2) is 0 Å². The van der Waals surface area contributed by atoms with Crippen LogP contribution in [0.25, 0.3) is 0 Å². The summed E-state index contributed by atoms with van der Waals surface area (Å²) >= 11 is 0. The number of aliphatic hydroxyl groups is 1. The summed E-state index contributed by atoms with van der Waals surface area (Å²) in [5, 5.41) is 11.5. The van der Waals surface area contributed by atoms with E-state index in [1.54, 1.807) is 6.20 Å². The second kappa shape index (κ2) is 4.50. The molecule has 0 aromatic carbocycles. The van der Waals surface area contributed by atoms with Crippen LogP contribution in [0.15, 0.2) is 12.4 Å². The van der Waals surface area contributed by atoms with Crippen molar-refractivity contribution < 1.29 is 5.11 Å². The average Bonchev–Trinajstić information content (AvgIpc) is 2.05. The van der Waals surface area contributed by atoms with Crippen LogP contribution in [0.4, 0.5) is 11.6 Å². The largest absolute Gasteiger partial charge is 0.396 e. The zero-order valence-corrected chi connectivity index (χ0v) is 6.70. The smallest absolute Gasteiger partial charge is 0.146 e. The van der Waals surface area contributed by atoms with E-state index < -0.39 is 0 Å². The number of aliphatic hydroxyl groups excluding tert-OH is 1. The topological polar surface area (TPSA) is 84.1 Å². The van der Waals surface area contributed by atoms with Crippen LogP contribution in [-0.2, 0) is 0 Å². The van der Waals surface area contributed by atoms with Crippen LogP contribution in [0.2, 0.25) is 0 Å². The van der Waals surface area contributed by atoms with Crippen molar-refractivity contribution in [3.05, 3.63) is 12.4 Å². The molecule has 0 aliphatic rings. The predicted octanol–water partition coefficient (Wildman–Crippen LogP) is -0.147. The summed E-state index contributed by atoms with van der Waals surface area (Å²) in [5.41, 5.74) is 5.40. The predicted molar refractivity (Wildman–Crippen MR) is 46.6 cm³/mol. The third-order valence-corrected chi connectivity index (χ3v) is 1.29. The average molecular weight is 168 g/mol. The van der Waals surface area contributed by atoms with E-state index in [4.69, 9.17) is 10.8 Å². The van der Waals surface area contributed by atoms with E-state index in [-0.39, 0.29) is 6.61 Å². The first-order valence-corrected chi connectivity index (χ1v) is 3.75. The van der Waals surface area contributed by atoms with Crippen LogP contribution in [0.3, 0.4) is 0 Å². The van der Waals surface area contributed by atoms with Crippen LogP contribution in [-0.4, -0.2) is 28.2 Å². The molecular weight excluding hydrogens is 156 g/mol. The Bertz CT molecular complexity index is 241. The van der Waals surface area contributed by atoms with E-state index >= 15 is 0 Å². The van der Waals surface area contributed by atoms with Gasteiger partial charge in [-0.25, -0.2) is 4.98 Å². The van der Waals surface area contributed by atoms with Gasteiger partial charge in [0.25, 0.3) is 0 Å². The molecule has 0 saturated heterocycles. The number of nitrogen functional groups attached to an aromatic ring is 1. The first-order chi connectivity index (χ1) is 5.83. The Morgan fingerprint density at radius 3 is 3.00 bits per heavy atom. The molecule has 1 aromatic heterocycles. The minimum Gasteiger partial charge on any atom is -0.396 e. The van der Waals surface area contributed by atoms with Gasteiger partial charge in [0.2, 0.25) is 0 Å². The van der Waals surface area contributed by atoms with E-state index in [1.165, 1.54) is 6.20 Å². The Morgan fingerprint density at radius 1 is 1.50 bits per heavy atom. The molecule has 5 nitrogen and oxygen atoms in total. The van der Waals surface area contributed by atoms with E-state index in [9.17, 15) is 0 Å². The van der Waals surface area contributed by atoms with Gasteiger partial charge >= 0.3 is 0 Å². The van der Waals surface area contributed by atoms with Gasteiger partial charge in [-0.15, -0.1) is 0 Å². The maximum atomic E-state index is 8.50. The summed E-state index contributed by atoms with van der Waals surface area (Å²) in [6, 6.07) is 0. The molecule has 4 N–H and O–H groups in total. The van der Waals surface area contributed by atoms with Crippen molar-refractivity contribution >= 4 is 11.6 Å². The highest BCUT2D eigenvalue weighted by Gasteiger charge is 1.93. The maximum Gasteiger partial charge on any atom is 0.146 e. The van der Waals surface area contributed by atoms with Crippen LogP contribution in [0.5, 0.6) is 0 Å². The van der Waals surface area contributed by atoms with Crippen molar-refractivity contribution in [2.45, 2.75) is 6.42 Å². The van der Waals surface area contributed by atoms with E-state index in [2.05, 4.69) is 15.3 Å². The zero-order valence-electron chi connectivity index (χ0n) is 6.70. The lowest BCUT2D eigenvalue weighted by Crippen LogP contribution is -2.06. The lowest BCUT2D eigenvalue weighted by Gasteiger charge is -2.02. The lowest BCUT2D eigenvalue weighted by molar-refractivity contribution is 0.292. The fourth-order valence-corrected chi connectivity index (χ4v) is 0.762. The summed E-state index contributed by atoms with van der Waals surface area (Å²) in [5.74, 6) is 1.03. The first kappa shape index (κ1) is 8.73. The number of nitrogens with zero attached hydrogens (tertiary/aromatic N) is 2. The van der Waals surface area contributed by atoms with Gasteiger partial charge in [-0.2, -0.15) is 0 Å². The Hall–Kier alpha value is -1.36. The number of anilines is 2. The van der Waals surface area contributed by atoms with Gasteiger partial charge in [-0.3, -0.25) is 4.98 Å². The Balaban J connectivity index is 2.41. The molecule has 0 fully saturated rings. The van der Waals surface area contributed by atoms with Crippen molar-refractivity contribution in [3.63, 3.8) is 0 Å². The van der Waals surface area contributed by atoms with Gasteiger partial charge in [0, 0.05) is 13.2 Å². The monoisotopic (exact) mass is 168 g/mol. The highest BCUT2D eigenvalue weighted by atomic mass is 16.3. The number of hydrogen-bond acceptors (Lipinski definition) is 5. The molecule has 0 aliphatic carbocycles. The van der Waals surface area contributed by atoms with Crippen molar-refractivity contribution in [3.8, 4) is 0 Å². The minimum absolute atomic E-state index is 0.169.